The number of carboxylic acids is 1. The van der Waals surface area contributed by atoms with Crippen LogP contribution in [0.2, 0.25) is 0 Å². The Balaban J connectivity index is 0.000000191. The van der Waals surface area contributed by atoms with E-state index in [2.05, 4.69) is 0 Å². The van der Waals surface area contributed by atoms with Gasteiger partial charge < -0.3 is 22.3 Å². The maximum atomic E-state index is 10.3. The molecule has 0 spiro atoms. The van der Waals surface area contributed by atoms with Crippen molar-refractivity contribution in [1.82, 2.24) is 0 Å². The van der Waals surface area contributed by atoms with E-state index in [-0.39, 0.29) is 5.56 Å². The molecule has 7 N–H and O–H groups in total. The highest BCUT2D eigenvalue weighted by Crippen LogP contribution is 2.04. The second kappa shape index (κ2) is 7.03. The largest absolute Gasteiger partial charge is 0.478 e. The number of hydrogen-bond acceptors (Lipinski definition) is 4. The Labute approximate surface area is 111 Å². The molecule has 0 fully saturated rings. The minimum absolute atomic E-state index is 0.259. The number of nitrogen functional groups attached to an aromatic ring is 2. The molecule has 19 heavy (non-hydrogen) atoms. The van der Waals surface area contributed by atoms with Gasteiger partial charge in [0.05, 0.1) is 5.56 Å². The van der Waals surface area contributed by atoms with E-state index < -0.39 is 5.97 Å². The number of nitrogens with two attached hydrogens (primary N) is 3. The predicted molar refractivity (Wildman–Crippen MR) is 76.6 cm³/mol. The van der Waals surface area contributed by atoms with Crippen molar-refractivity contribution in [3.05, 3.63) is 59.7 Å². The summed E-state index contributed by atoms with van der Waals surface area (Å²) in [5.74, 6) is -0.931. The van der Waals surface area contributed by atoms with Crippen LogP contribution in [0, 0.1) is 0 Å². The Bertz CT molecular complexity index is 521. The van der Waals surface area contributed by atoms with Crippen molar-refractivity contribution in [3.63, 3.8) is 0 Å². The molecule has 0 saturated carbocycles. The molecular weight excluding hydrogens is 242 g/mol. The van der Waals surface area contributed by atoms with Crippen molar-refractivity contribution in [1.29, 1.82) is 0 Å². The van der Waals surface area contributed by atoms with E-state index in [1.165, 1.54) is 12.1 Å². The van der Waals surface area contributed by atoms with Crippen LogP contribution in [0.15, 0.2) is 48.5 Å². The summed E-state index contributed by atoms with van der Waals surface area (Å²) in [7, 11) is 0. The first-order chi connectivity index (χ1) is 9.02. The Morgan fingerprint density at radius 1 is 0.895 bits per heavy atom. The molecule has 5 heteroatoms. The van der Waals surface area contributed by atoms with Gasteiger partial charge in [0.1, 0.15) is 0 Å². The summed E-state index contributed by atoms with van der Waals surface area (Å²) in [4.78, 5) is 10.3. The summed E-state index contributed by atoms with van der Waals surface area (Å²) < 4.78 is 0. The highest BCUT2D eigenvalue weighted by atomic mass is 16.4. The molecule has 0 amide bonds. The van der Waals surface area contributed by atoms with E-state index in [0.717, 1.165) is 11.3 Å². The van der Waals surface area contributed by atoms with Crippen molar-refractivity contribution in [3.8, 4) is 0 Å². The quantitative estimate of drug-likeness (QED) is 0.612. The van der Waals surface area contributed by atoms with E-state index in [0.29, 0.717) is 12.2 Å². The lowest BCUT2D eigenvalue weighted by molar-refractivity contribution is 0.0697. The fourth-order valence-electron chi connectivity index (χ4n) is 1.28. The minimum atomic E-state index is -0.931. The van der Waals surface area contributed by atoms with E-state index in [4.69, 9.17) is 22.3 Å². The Hall–Kier alpha value is -2.53. The summed E-state index contributed by atoms with van der Waals surface area (Å²) in [6.07, 6.45) is 0. The zero-order valence-corrected chi connectivity index (χ0v) is 10.4. The van der Waals surface area contributed by atoms with Gasteiger partial charge in [-0.05, 0) is 42.0 Å². The van der Waals surface area contributed by atoms with Crippen LogP contribution in [0.3, 0.4) is 0 Å². The van der Waals surface area contributed by atoms with Gasteiger partial charge in [-0.25, -0.2) is 4.79 Å². The van der Waals surface area contributed by atoms with Gasteiger partial charge in [-0.3, -0.25) is 0 Å². The molecule has 0 aliphatic rings. The molecule has 2 aromatic carbocycles. The summed E-state index contributed by atoms with van der Waals surface area (Å²) >= 11 is 0. The number of carboxylic acid groups (broad SMARTS) is 1. The maximum absolute atomic E-state index is 10.3. The van der Waals surface area contributed by atoms with Crippen LogP contribution < -0.4 is 17.2 Å². The van der Waals surface area contributed by atoms with Crippen LogP contribution in [0.25, 0.3) is 0 Å². The Kier molecular flexibility index (Phi) is 5.37. The lowest BCUT2D eigenvalue weighted by atomic mass is 10.2. The monoisotopic (exact) mass is 259 g/mol. The number of carbonyl (C=O) groups is 1. The van der Waals surface area contributed by atoms with Crippen molar-refractivity contribution >= 4 is 17.3 Å². The van der Waals surface area contributed by atoms with Crippen LogP contribution in [-0.4, -0.2) is 11.1 Å². The van der Waals surface area contributed by atoms with Crippen molar-refractivity contribution < 1.29 is 9.90 Å². The van der Waals surface area contributed by atoms with Gasteiger partial charge in [-0.15, -0.1) is 0 Å². The maximum Gasteiger partial charge on any atom is 0.335 e. The third-order valence-electron chi connectivity index (χ3n) is 2.37. The van der Waals surface area contributed by atoms with Gasteiger partial charge in [0, 0.05) is 17.9 Å². The van der Waals surface area contributed by atoms with Crippen LogP contribution in [0.5, 0.6) is 0 Å². The molecule has 0 radical (unpaired) electrons. The first-order valence-corrected chi connectivity index (χ1v) is 5.66. The van der Waals surface area contributed by atoms with E-state index in [1.807, 2.05) is 24.3 Å². The second-order valence-corrected chi connectivity index (χ2v) is 3.87. The summed E-state index contributed by atoms with van der Waals surface area (Å²) in [6.45, 7) is 0.584. The fourth-order valence-corrected chi connectivity index (χ4v) is 1.28. The highest BCUT2D eigenvalue weighted by molar-refractivity contribution is 5.87. The van der Waals surface area contributed by atoms with Gasteiger partial charge in [0.25, 0.3) is 0 Å². The van der Waals surface area contributed by atoms with Crippen molar-refractivity contribution in [2.24, 2.45) is 5.73 Å². The molecule has 0 aliphatic heterocycles. The van der Waals surface area contributed by atoms with Crippen molar-refractivity contribution in [2.75, 3.05) is 11.5 Å². The number of anilines is 2. The first-order valence-electron chi connectivity index (χ1n) is 5.66. The highest BCUT2D eigenvalue weighted by Gasteiger charge is 1.98. The lowest BCUT2D eigenvalue weighted by Gasteiger charge is -1.94. The number of rotatable bonds is 2. The number of aromatic carboxylic acids is 1. The van der Waals surface area contributed by atoms with Crippen LogP contribution in [0.4, 0.5) is 11.4 Å². The molecule has 0 heterocycles. The summed E-state index contributed by atoms with van der Waals surface area (Å²) in [5, 5.41) is 8.43. The molecule has 2 rings (SSSR count). The predicted octanol–water partition coefficient (Wildman–Crippen LogP) is 1.69. The molecule has 100 valence electrons. The third-order valence-corrected chi connectivity index (χ3v) is 2.37. The Morgan fingerprint density at radius 3 is 1.68 bits per heavy atom. The molecule has 0 aromatic heterocycles. The van der Waals surface area contributed by atoms with E-state index in [9.17, 15) is 4.79 Å². The molecule has 0 saturated heterocycles. The van der Waals surface area contributed by atoms with Crippen LogP contribution >= 0.6 is 0 Å². The summed E-state index contributed by atoms with van der Waals surface area (Å²) in [6, 6.07) is 13.6. The van der Waals surface area contributed by atoms with Crippen LogP contribution in [-0.2, 0) is 6.54 Å². The second-order valence-electron chi connectivity index (χ2n) is 3.87. The third kappa shape index (κ3) is 5.10. The van der Waals surface area contributed by atoms with E-state index in [1.54, 1.807) is 12.1 Å². The number of benzene rings is 2. The normalized spacial score (nSPS) is 9.32. The molecule has 0 atom stereocenters. The van der Waals surface area contributed by atoms with Gasteiger partial charge in [0.15, 0.2) is 0 Å². The summed E-state index contributed by atoms with van der Waals surface area (Å²) in [5.41, 5.74) is 18.9. The zero-order valence-electron chi connectivity index (χ0n) is 10.4. The molecule has 5 nitrogen and oxygen atoms in total. The Morgan fingerprint density at radius 2 is 1.32 bits per heavy atom. The first kappa shape index (κ1) is 14.5. The van der Waals surface area contributed by atoms with Gasteiger partial charge in [-0.1, -0.05) is 12.1 Å². The molecule has 0 unspecified atom stereocenters. The van der Waals surface area contributed by atoms with E-state index >= 15 is 0 Å². The average molecular weight is 259 g/mol. The minimum Gasteiger partial charge on any atom is -0.478 e. The SMILES string of the molecule is NCc1ccc(N)cc1.Nc1ccc(C(=O)O)cc1. The number of hydrogen-bond donors (Lipinski definition) is 4. The van der Waals surface area contributed by atoms with Crippen LogP contribution in [0.1, 0.15) is 15.9 Å². The lowest BCUT2D eigenvalue weighted by Crippen LogP contribution is -1.95. The van der Waals surface area contributed by atoms with Gasteiger partial charge >= 0.3 is 5.97 Å². The average Bonchev–Trinajstić information content (AvgIpc) is 2.41. The topological polar surface area (TPSA) is 115 Å². The standard InChI is InChI=1S/C7H10N2.C7H7NO2/c8-5-6-1-3-7(9)4-2-6;8-6-3-1-5(2-4-6)7(9)10/h1-4H,5,8-9H2;1-4H,8H2,(H,9,10). The molecule has 2 aromatic rings. The zero-order chi connectivity index (χ0) is 14.3. The smallest absolute Gasteiger partial charge is 0.335 e. The van der Waals surface area contributed by atoms with Crippen molar-refractivity contribution in [2.45, 2.75) is 6.54 Å². The molecular formula is C14H17N3O2. The van der Waals surface area contributed by atoms with Gasteiger partial charge in [0.2, 0.25) is 0 Å². The molecule has 0 bridgehead atoms. The molecule has 0 aliphatic carbocycles. The van der Waals surface area contributed by atoms with Gasteiger partial charge in [-0.2, -0.15) is 0 Å². The fraction of sp³-hybridized carbons (Fsp3) is 0.0714.